The van der Waals surface area contributed by atoms with E-state index in [1.165, 1.54) is 6.07 Å². The second kappa shape index (κ2) is 11.4. The summed E-state index contributed by atoms with van der Waals surface area (Å²) in [5.41, 5.74) is 4.10. The number of pyridine rings is 2. The van der Waals surface area contributed by atoms with Crippen LogP contribution in [-0.2, 0) is 9.53 Å². The van der Waals surface area contributed by atoms with Crippen molar-refractivity contribution < 1.29 is 13.9 Å². The molecule has 1 aliphatic heterocycles. The van der Waals surface area contributed by atoms with Gasteiger partial charge in [-0.1, -0.05) is 18.2 Å². The van der Waals surface area contributed by atoms with E-state index in [9.17, 15) is 9.18 Å². The summed E-state index contributed by atoms with van der Waals surface area (Å²) in [5, 5.41) is 6.40. The number of ether oxygens (including phenoxy) is 1. The van der Waals surface area contributed by atoms with Crippen molar-refractivity contribution in [3.63, 3.8) is 0 Å². The fourth-order valence-corrected chi connectivity index (χ4v) is 4.99. The van der Waals surface area contributed by atoms with Crippen molar-refractivity contribution in [2.24, 2.45) is 0 Å². The molecule has 8 nitrogen and oxygen atoms in total. The number of hydrogen-bond acceptors (Lipinski definition) is 7. The number of benzene rings is 1. The lowest BCUT2D eigenvalue weighted by Crippen LogP contribution is -2.33. The molecular formula is C30H35FN6O2. The fraction of sp³-hybridized carbons (Fsp3) is 0.367. The van der Waals surface area contributed by atoms with Crippen molar-refractivity contribution in [3.8, 4) is 11.4 Å². The molecule has 1 saturated heterocycles. The van der Waals surface area contributed by atoms with Crippen LogP contribution in [0.2, 0.25) is 0 Å². The number of halogens is 1. The predicted octanol–water partition coefficient (Wildman–Crippen LogP) is 5.22. The highest BCUT2D eigenvalue weighted by atomic mass is 19.1. The van der Waals surface area contributed by atoms with Crippen LogP contribution in [0.5, 0.6) is 0 Å². The number of nitrogens with one attached hydrogen (secondary N) is 2. The van der Waals surface area contributed by atoms with Gasteiger partial charge in [0.05, 0.1) is 35.9 Å². The highest BCUT2D eigenvalue weighted by Crippen LogP contribution is 2.37. The molecule has 5 rings (SSSR count). The molecule has 2 N–H and O–H groups in total. The Bertz CT molecular complexity index is 1450. The van der Waals surface area contributed by atoms with Crippen LogP contribution in [0.25, 0.3) is 17.0 Å². The quantitative estimate of drug-likeness (QED) is 0.227. The minimum Gasteiger partial charge on any atom is -0.459 e. The summed E-state index contributed by atoms with van der Waals surface area (Å²) in [6, 6.07) is 17.0. The summed E-state index contributed by atoms with van der Waals surface area (Å²) in [5.74, 6) is 0.263. The number of carbonyl (C=O) groups excluding carboxylic acids is 1. The largest absolute Gasteiger partial charge is 0.459 e. The van der Waals surface area contributed by atoms with E-state index in [4.69, 9.17) is 9.72 Å². The van der Waals surface area contributed by atoms with Gasteiger partial charge in [0, 0.05) is 25.8 Å². The Morgan fingerprint density at radius 2 is 1.97 bits per heavy atom. The van der Waals surface area contributed by atoms with Crippen LogP contribution in [-0.4, -0.2) is 52.1 Å². The van der Waals surface area contributed by atoms with E-state index in [1.807, 2.05) is 57.3 Å². The Labute approximate surface area is 228 Å². The van der Waals surface area contributed by atoms with Crippen LogP contribution in [0, 0.1) is 5.82 Å². The van der Waals surface area contributed by atoms with Crippen LogP contribution < -0.4 is 15.5 Å². The summed E-state index contributed by atoms with van der Waals surface area (Å²) in [6.07, 6.45) is 5.97. The molecule has 4 aromatic rings. The van der Waals surface area contributed by atoms with E-state index < -0.39 is 5.60 Å². The van der Waals surface area contributed by atoms with Crippen LogP contribution in [0.4, 0.5) is 15.9 Å². The zero-order valence-corrected chi connectivity index (χ0v) is 22.7. The molecule has 4 heterocycles. The van der Waals surface area contributed by atoms with Crippen LogP contribution >= 0.6 is 0 Å². The van der Waals surface area contributed by atoms with Gasteiger partial charge in [-0.15, -0.1) is 0 Å². The molecule has 0 bridgehead atoms. The SMILES string of the molecule is CC(C)(C)OC(=O)CNCCNc1cccc(-c2cnc3ccc(N4CCCC4c4cccc(F)c4)cn23)n1. The van der Waals surface area contributed by atoms with E-state index in [0.29, 0.717) is 13.1 Å². The van der Waals surface area contributed by atoms with Crippen LogP contribution in [0.1, 0.15) is 45.2 Å². The lowest BCUT2D eigenvalue weighted by molar-refractivity contribution is -0.153. The first-order valence-corrected chi connectivity index (χ1v) is 13.4. The zero-order valence-electron chi connectivity index (χ0n) is 22.7. The molecule has 0 radical (unpaired) electrons. The summed E-state index contributed by atoms with van der Waals surface area (Å²) in [6.45, 7) is 7.83. The maximum absolute atomic E-state index is 13.9. The summed E-state index contributed by atoms with van der Waals surface area (Å²) >= 11 is 0. The van der Waals surface area contributed by atoms with Crippen molar-refractivity contribution in [1.29, 1.82) is 0 Å². The molecule has 0 aliphatic carbocycles. The summed E-state index contributed by atoms with van der Waals surface area (Å²) in [7, 11) is 0. The minimum atomic E-state index is -0.489. The Morgan fingerprint density at radius 1 is 1.13 bits per heavy atom. The fourth-order valence-electron chi connectivity index (χ4n) is 4.99. The normalized spacial score (nSPS) is 15.6. The zero-order chi connectivity index (χ0) is 27.4. The lowest BCUT2D eigenvalue weighted by Gasteiger charge is -2.27. The molecule has 0 spiro atoms. The minimum absolute atomic E-state index is 0.139. The van der Waals surface area contributed by atoms with Crippen molar-refractivity contribution in [2.75, 3.05) is 36.4 Å². The number of imidazole rings is 1. The van der Waals surface area contributed by atoms with Crippen molar-refractivity contribution in [3.05, 3.63) is 78.4 Å². The van der Waals surface area contributed by atoms with E-state index >= 15 is 0 Å². The molecule has 39 heavy (non-hydrogen) atoms. The molecule has 1 fully saturated rings. The summed E-state index contributed by atoms with van der Waals surface area (Å²) in [4.78, 5) is 23.6. The molecule has 1 aliphatic rings. The topological polar surface area (TPSA) is 83.8 Å². The maximum atomic E-state index is 13.9. The van der Waals surface area contributed by atoms with E-state index in [-0.39, 0.29) is 24.4 Å². The third-order valence-electron chi connectivity index (χ3n) is 6.62. The van der Waals surface area contributed by atoms with Gasteiger partial charge in [-0.2, -0.15) is 0 Å². The number of esters is 1. The second-order valence-electron chi connectivity index (χ2n) is 10.8. The number of nitrogens with zero attached hydrogens (tertiary/aromatic N) is 4. The third kappa shape index (κ3) is 6.54. The number of anilines is 2. The summed E-state index contributed by atoms with van der Waals surface area (Å²) < 4.78 is 21.3. The van der Waals surface area contributed by atoms with Crippen molar-refractivity contribution >= 4 is 23.1 Å². The molecule has 0 amide bonds. The average molecular weight is 531 g/mol. The van der Waals surface area contributed by atoms with Crippen molar-refractivity contribution in [2.45, 2.75) is 45.3 Å². The van der Waals surface area contributed by atoms with Gasteiger partial charge in [-0.05, 0) is 75.6 Å². The lowest BCUT2D eigenvalue weighted by atomic mass is 10.0. The molecule has 204 valence electrons. The maximum Gasteiger partial charge on any atom is 0.320 e. The van der Waals surface area contributed by atoms with Gasteiger partial charge < -0.3 is 20.3 Å². The Kier molecular flexibility index (Phi) is 7.79. The van der Waals surface area contributed by atoms with E-state index in [0.717, 1.165) is 53.5 Å². The molecule has 1 aromatic carbocycles. The van der Waals surface area contributed by atoms with E-state index in [2.05, 4.69) is 37.2 Å². The van der Waals surface area contributed by atoms with E-state index in [1.54, 1.807) is 12.1 Å². The number of rotatable bonds is 9. The van der Waals surface area contributed by atoms with Crippen LogP contribution in [0.15, 0.2) is 67.0 Å². The molecule has 1 unspecified atom stereocenters. The Balaban J connectivity index is 1.27. The standard InChI is InChI=1S/C30H35FN6O2/c1-30(2,3)39-29(38)19-32-14-15-33-27-11-5-9-24(35-27)26-18-34-28-13-12-23(20-37(26)28)36-16-6-10-25(36)21-7-4-8-22(31)17-21/h4-5,7-9,11-13,17-18,20,25,32H,6,10,14-16,19H2,1-3H3,(H,33,35). The third-order valence-corrected chi connectivity index (χ3v) is 6.62. The van der Waals surface area contributed by atoms with Gasteiger partial charge >= 0.3 is 5.97 Å². The number of carbonyl (C=O) groups is 1. The average Bonchev–Trinajstić information content (AvgIpc) is 3.55. The van der Waals surface area contributed by atoms with Gasteiger partial charge in [-0.3, -0.25) is 9.20 Å². The number of aromatic nitrogens is 3. The molecule has 0 saturated carbocycles. The van der Waals surface area contributed by atoms with Gasteiger partial charge in [-0.25, -0.2) is 14.4 Å². The first kappa shape index (κ1) is 26.6. The molecule has 9 heteroatoms. The first-order chi connectivity index (χ1) is 18.8. The first-order valence-electron chi connectivity index (χ1n) is 13.4. The monoisotopic (exact) mass is 530 g/mol. The van der Waals surface area contributed by atoms with Gasteiger partial charge in [0.1, 0.15) is 22.9 Å². The Hall–Kier alpha value is -3.98. The Morgan fingerprint density at radius 3 is 2.79 bits per heavy atom. The molecule has 3 aromatic heterocycles. The van der Waals surface area contributed by atoms with Crippen LogP contribution in [0.3, 0.4) is 0 Å². The molecule has 1 atom stereocenters. The number of fused-ring (bicyclic) bond motifs is 1. The van der Waals surface area contributed by atoms with Gasteiger partial charge in [0.15, 0.2) is 0 Å². The number of hydrogen-bond donors (Lipinski definition) is 2. The highest BCUT2D eigenvalue weighted by Gasteiger charge is 2.27. The molecular weight excluding hydrogens is 495 g/mol. The smallest absolute Gasteiger partial charge is 0.320 e. The predicted molar refractivity (Wildman–Crippen MR) is 151 cm³/mol. The second-order valence-corrected chi connectivity index (χ2v) is 10.8. The van der Waals surface area contributed by atoms with Gasteiger partial charge in [0.25, 0.3) is 0 Å². The van der Waals surface area contributed by atoms with Gasteiger partial charge in [0.2, 0.25) is 0 Å². The highest BCUT2D eigenvalue weighted by molar-refractivity contribution is 5.72. The van der Waals surface area contributed by atoms with Crippen molar-refractivity contribution in [1.82, 2.24) is 19.7 Å².